The Morgan fingerprint density at radius 3 is 2.95 bits per heavy atom. The maximum Gasteiger partial charge on any atom is 0.411 e. The number of rotatable bonds is 2. The summed E-state index contributed by atoms with van der Waals surface area (Å²) in [5, 5.41) is 3.70. The van der Waals surface area contributed by atoms with E-state index >= 15 is 0 Å². The second-order valence-electron chi connectivity index (χ2n) is 4.87. The number of amides is 1. The largest absolute Gasteiger partial charge is 0.450 e. The molecule has 1 aliphatic rings. The van der Waals surface area contributed by atoms with E-state index in [1.807, 2.05) is 12.1 Å². The van der Waals surface area contributed by atoms with Gasteiger partial charge in [-0.1, -0.05) is 6.07 Å². The molecule has 0 saturated carbocycles. The fourth-order valence-corrected chi connectivity index (χ4v) is 2.76. The SMILES string of the molecule is CCOC(=O)Nc1ccc2c3c(c(=O)[nH]c2c1)CCC3. The van der Waals surface area contributed by atoms with Crippen molar-refractivity contribution in [2.24, 2.45) is 0 Å². The van der Waals surface area contributed by atoms with Crippen molar-refractivity contribution >= 4 is 22.7 Å². The number of aromatic nitrogens is 1. The monoisotopic (exact) mass is 272 g/mol. The highest BCUT2D eigenvalue weighted by Gasteiger charge is 2.18. The maximum absolute atomic E-state index is 12.0. The fourth-order valence-electron chi connectivity index (χ4n) is 2.76. The summed E-state index contributed by atoms with van der Waals surface area (Å²) in [6, 6.07) is 5.54. The molecule has 5 heteroatoms. The second kappa shape index (κ2) is 5.00. The van der Waals surface area contributed by atoms with Gasteiger partial charge in [-0.3, -0.25) is 10.1 Å². The highest BCUT2D eigenvalue weighted by Crippen LogP contribution is 2.27. The van der Waals surface area contributed by atoms with Gasteiger partial charge in [0.25, 0.3) is 5.56 Å². The third-order valence-electron chi connectivity index (χ3n) is 3.61. The average Bonchev–Trinajstić information content (AvgIpc) is 2.89. The predicted octanol–water partition coefficient (Wildman–Crippen LogP) is 2.59. The number of fused-ring (bicyclic) bond motifs is 3. The number of carbonyl (C=O) groups excluding carboxylic acids is 1. The normalized spacial score (nSPS) is 13.2. The minimum atomic E-state index is -0.490. The van der Waals surface area contributed by atoms with Crippen molar-refractivity contribution in [3.63, 3.8) is 0 Å². The van der Waals surface area contributed by atoms with E-state index < -0.39 is 6.09 Å². The molecule has 1 aromatic carbocycles. The zero-order valence-corrected chi connectivity index (χ0v) is 11.3. The average molecular weight is 272 g/mol. The molecule has 20 heavy (non-hydrogen) atoms. The van der Waals surface area contributed by atoms with Crippen LogP contribution in [0.1, 0.15) is 24.5 Å². The maximum atomic E-state index is 12.0. The standard InChI is InChI=1S/C15H16N2O3/c1-2-20-15(19)16-9-6-7-11-10-4-3-5-12(10)14(18)17-13(11)8-9/h6-8H,2-5H2,1H3,(H,16,19)(H,17,18). The van der Waals surface area contributed by atoms with Crippen LogP contribution in [0.15, 0.2) is 23.0 Å². The molecule has 0 bridgehead atoms. The summed E-state index contributed by atoms with van der Waals surface area (Å²) in [7, 11) is 0. The summed E-state index contributed by atoms with van der Waals surface area (Å²) in [6.07, 6.45) is 2.33. The molecule has 0 atom stereocenters. The number of aryl methyl sites for hydroxylation is 1. The van der Waals surface area contributed by atoms with Crippen molar-refractivity contribution in [2.45, 2.75) is 26.2 Å². The number of ether oxygens (including phenoxy) is 1. The number of nitrogens with one attached hydrogen (secondary N) is 2. The lowest BCUT2D eigenvalue weighted by atomic mass is 10.1. The molecule has 104 valence electrons. The van der Waals surface area contributed by atoms with Crippen molar-refractivity contribution in [1.29, 1.82) is 0 Å². The van der Waals surface area contributed by atoms with Gasteiger partial charge < -0.3 is 9.72 Å². The van der Waals surface area contributed by atoms with Gasteiger partial charge in [0.05, 0.1) is 12.1 Å². The number of hydrogen-bond donors (Lipinski definition) is 2. The quantitative estimate of drug-likeness (QED) is 0.882. The van der Waals surface area contributed by atoms with Crippen molar-refractivity contribution in [1.82, 2.24) is 4.98 Å². The van der Waals surface area contributed by atoms with Crippen molar-refractivity contribution < 1.29 is 9.53 Å². The molecular formula is C15H16N2O3. The van der Waals surface area contributed by atoms with Gasteiger partial charge in [-0.25, -0.2) is 4.79 Å². The van der Waals surface area contributed by atoms with Gasteiger partial charge in [-0.2, -0.15) is 0 Å². The van der Waals surface area contributed by atoms with E-state index in [4.69, 9.17) is 4.74 Å². The van der Waals surface area contributed by atoms with Crippen molar-refractivity contribution in [2.75, 3.05) is 11.9 Å². The summed E-state index contributed by atoms with van der Waals surface area (Å²) in [5.41, 5.74) is 3.41. The van der Waals surface area contributed by atoms with Gasteiger partial charge in [0.2, 0.25) is 0 Å². The first kappa shape index (κ1) is 12.7. The van der Waals surface area contributed by atoms with E-state index in [1.165, 1.54) is 0 Å². The Labute approximate surface area is 116 Å². The van der Waals surface area contributed by atoms with Crippen LogP contribution in [0.3, 0.4) is 0 Å². The van der Waals surface area contributed by atoms with Crippen LogP contribution >= 0.6 is 0 Å². The van der Waals surface area contributed by atoms with E-state index in [1.54, 1.807) is 13.0 Å². The Kier molecular flexibility index (Phi) is 3.18. The minimum Gasteiger partial charge on any atom is -0.450 e. The molecule has 2 aromatic rings. The topological polar surface area (TPSA) is 71.2 Å². The van der Waals surface area contributed by atoms with Crippen LogP contribution in [-0.2, 0) is 17.6 Å². The number of anilines is 1. The molecule has 0 unspecified atom stereocenters. The molecule has 0 radical (unpaired) electrons. The van der Waals surface area contributed by atoms with Gasteiger partial charge >= 0.3 is 6.09 Å². The first-order chi connectivity index (χ1) is 9.69. The Balaban J connectivity index is 2.02. The first-order valence-electron chi connectivity index (χ1n) is 6.80. The minimum absolute atomic E-state index is 0.0155. The smallest absolute Gasteiger partial charge is 0.411 e. The van der Waals surface area contributed by atoms with Gasteiger partial charge in [0, 0.05) is 16.6 Å². The van der Waals surface area contributed by atoms with E-state index in [-0.39, 0.29) is 5.56 Å². The summed E-state index contributed by atoms with van der Waals surface area (Å²) in [4.78, 5) is 26.3. The molecule has 0 fully saturated rings. The lowest BCUT2D eigenvalue weighted by molar-refractivity contribution is 0.168. The number of carbonyl (C=O) groups is 1. The van der Waals surface area contributed by atoms with Crippen LogP contribution < -0.4 is 10.9 Å². The third-order valence-corrected chi connectivity index (χ3v) is 3.61. The molecule has 0 saturated heterocycles. The van der Waals surface area contributed by atoms with Crippen LogP contribution in [0, 0.1) is 0 Å². The fraction of sp³-hybridized carbons (Fsp3) is 0.333. The van der Waals surface area contributed by atoms with Gasteiger partial charge in [-0.05, 0) is 43.9 Å². The van der Waals surface area contributed by atoms with Gasteiger partial charge in [0.1, 0.15) is 0 Å². The second-order valence-corrected chi connectivity index (χ2v) is 4.87. The number of H-pyrrole nitrogens is 1. The molecule has 2 N–H and O–H groups in total. The summed E-state index contributed by atoms with van der Waals surface area (Å²) in [6.45, 7) is 2.07. The molecule has 3 rings (SSSR count). The number of benzene rings is 1. The highest BCUT2D eigenvalue weighted by molar-refractivity contribution is 5.91. The van der Waals surface area contributed by atoms with Crippen LogP contribution in [0.2, 0.25) is 0 Å². The van der Waals surface area contributed by atoms with E-state index in [0.717, 1.165) is 41.3 Å². The molecule has 1 aromatic heterocycles. The zero-order valence-electron chi connectivity index (χ0n) is 11.3. The highest BCUT2D eigenvalue weighted by atomic mass is 16.5. The zero-order chi connectivity index (χ0) is 14.1. The molecule has 0 aliphatic heterocycles. The van der Waals surface area contributed by atoms with E-state index in [2.05, 4.69) is 10.3 Å². The summed E-state index contributed by atoms with van der Waals surface area (Å²) in [5.74, 6) is 0. The molecule has 5 nitrogen and oxygen atoms in total. The lowest BCUT2D eigenvalue weighted by Crippen LogP contribution is -2.14. The van der Waals surface area contributed by atoms with Gasteiger partial charge in [-0.15, -0.1) is 0 Å². The molecule has 0 spiro atoms. The summed E-state index contributed by atoms with van der Waals surface area (Å²) >= 11 is 0. The van der Waals surface area contributed by atoms with Gasteiger partial charge in [0.15, 0.2) is 0 Å². The Morgan fingerprint density at radius 1 is 1.35 bits per heavy atom. The molecule has 1 amide bonds. The van der Waals surface area contributed by atoms with Crippen LogP contribution in [0.4, 0.5) is 10.5 Å². The summed E-state index contributed by atoms with van der Waals surface area (Å²) < 4.78 is 4.83. The third kappa shape index (κ3) is 2.15. The number of aromatic amines is 1. The van der Waals surface area contributed by atoms with E-state index in [0.29, 0.717) is 12.3 Å². The number of pyridine rings is 1. The van der Waals surface area contributed by atoms with E-state index in [9.17, 15) is 9.59 Å². The van der Waals surface area contributed by atoms with Crippen LogP contribution in [-0.4, -0.2) is 17.7 Å². The van der Waals surface area contributed by atoms with Crippen LogP contribution in [0.25, 0.3) is 10.9 Å². The molecule has 1 aliphatic carbocycles. The predicted molar refractivity (Wildman–Crippen MR) is 77.2 cm³/mol. The number of hydrogen-bond acceptors (Lipinski definition) is 3. The lowest BCUT2D eigenvalue weighted by Gasteiger charge is -2.08. The van der Waals surface area contributed by atoms with Crippen molar-refractivity contribution in [3.8, 4) is 0 Å². The van der Waals surface area contributed by atoms with Crippen molar-refractivity contribution in [3.05, 3.63) is 39.7 Å². The molecule has 1 heterocycles. The Hall–Kier alpha value is -2.30. The Bertz CT molecular complexity index is 734. The Morgan fingerprint density at radius 2 is 2.15 bits per heavy atom. The molecular weight excluding hydrogens is 256 g/mol. The van der Waals surface area contributed by atoms with Crippen LogP contribution in [0.5, 0.6) is 0 Å². The first-order valence-corrected chi connectivity index (χ1v) is 6.80.